The topological polar surface area (TPSA) is 192 Å². The number of carbonyl (C=O) groups excluding carboxylic acids is 1. The number of ether oxygens (including phenoxy) is 4. The number of fused-ring (bicyclic) bond motifs is 1. The van der Waals surface area contributed by atoms with Gasteiger partial charge in [0.25, 0.3) is 0 Å². The molecule has 12 heteroatoms. The number of carboxylic acid groups (broad SMARTS) is 1. The second-order valence-electron chi connectivity index (χ2n) is 7.85. The Morgan fingerprint density at radius 3 is 2.41 bits per heavy atom. The van der Waals surface area contributed by atoms with E-state index >= 15 is 0 Å². The third-order valence-electron chi connectivity index (χ3n) is 5.53. The summed E-state index contributed by atoms with van der Waals surface area (Å²) in [6.45, 7) is -0.637. The molecule has 2 aromatic carbocycles. The van der Waals surface area contributed by atoms with E-state index in [4.69, 9.17) is 19.3 Å². The maximum absolute atomic E-state index is 12.6. The van der Waals surface area contributed by atoms with Gasteiger partial charge in [-0.3, -0.25) is 4.79 Å². The number of rotatable bonds is 5. The Morgan fingerprint density at radius 2 is 1.74 bits per heavy atom. The van der Waals surface area contributed by atoms with Gasteiger partial charge in [0.05, 0.1) is 6.42 Å². The van der Waals surface area contributed by atoms with Gasteiger partial charge in [0.2, 0.25) is 6.29 Å². The van der Waals surface area contributed by atoms with Crippen molar-refractivity contribution in [2.75, 3.05) is 6.61 Å². The maximum Gasteiger partial charge on any atom is 0.505 e. The molecule has 12 nitrogen and oxygen atoms in total. The molecular formula is C22H22O12. The van der Waals surface area contributed by atoms with Crippen molar-refractivity contribution in [3.8, 4) is 23.0 Å². The summed E-state index contributed by atoms with van der Waals surface area (Å²) < 4.78 is 21.1. The molecule has 1 saturated heterocycles. The molecule has 0 spiro atoms. The Bertz CT molecular complexity index is 1070. The lowest BCUT2D eigenvalue weighted by Gasteiger charge is -2.39. The lowest BCUT2D eigenvalue weighted by Crippen LogP contribution is -2.60. The Labute approximate surface area is 192 Å². The van der Waals surface area contributed by atoms with Crippen molar-refractivity contribution in [3.05, 3.63) is 47.5 Å². The fraction of sp³-hybridized carbons (Fsp3) is 0.364. The minimum atomic E-state index is -1.75. The highest BCUT2D eigenvalue weighted by atomic mass is 16.7. The number of carbonyl (C=O) groups is 2. The standard InChI is InChI=1S/C22H22O12/c23-10-3-1-9(2-4-10)14-7-13(25)17-12(24)5-11(6-15(17)33-14)32-21-20(28)19(27)18(26)16(34-21)8-31-22(29)30/h1-6,14,16,18-21,23-24,26-28H,7-8H2,(H,29,30)/t14-,16+,18+,19-,20+,21+/m0/s1. The van der Waals surface area contributed by atoms with Gasteiger partial charge in [-0.25, -0.2) is 4.79 Å². The van der Waals surface area contributed by atoms with Crippen molar-refractivity contribution in [2.45, 2.75) is 43.2 Å². The molecule has 34 heavy (non-hydrogen) atoms. The Hall–Kier alpha value is -3.58. The Morgan fingerprint density at radius 1 is 1.03 bits per heavy atom. The highest BCUT2D eigenvalue weighted by Crippen LogP contribution is 2.42. The van der Waals surface area contributed by atoms with Crippen LogP contribution in [-0.4, -0.2) is 79.9 Å². The van der Waals surface area contributed by atoms with Crippen LogP contribution in [0.3, 0.4) is 0 Å². The molecule has 0 amide bonds. The van der Waals surface area contributed by atoms with E-state index in [1.165, 1.54) is 18.2 Å². The van der Waals surface area contributed by atoms with Gasteiger partial charge in [-0.05, 0) is 17.7 Å². The molecule has 0 bridgehead atoms. The molecule has 6 atom stereocenters. The van der Waals surface area contributed by atoms with Crippen LogP contribution in [0.4, 0.5) is 4.79 Å². The fourth-order valence-electron chi connectivity index (χ4n) is 3.80. The van der Waals surface area contributed by atoms with E-state index in [-0.39, 0.29) is 35.0 Å². The quantitative estimate of drug-likeness (QED) is 0.330. The first kappa shape index (κ1) is 23.6. The molecule has 182 valence electrons. The van der Waals surface area contributed by atoms with E-state index in [9.17, 15) is 35.1 Å². The molecular weight excluding hydrogens is 456 g/mol. The number of aromatic hydroxyl groups is 2. The fourth-order valence-corrected chi connectivity index (χ4v) is 3.80. The van der Waals surface area contributed by atoms with Gasteiger partial charge in [0.1, 0.15) is 65.7 Å². The van der Waals surface area contributed by atoms with E-state index in [2.05, 4.69) is 4.74 Å². The van der Waals surface area contributed by atoms with E-state index in [0.29, 0.717) is 5.56 Å². The lowest BCUT2D eigenvalue weighted by molar-refractivity contribution is -0.277. The molecule has 0 radical (unpaired) electrons. The number of phenols is 2. The molecule has 0 saturated carbocycles. The first-order valence-corrected chi connectivity index (χ1v) is 10.2. The first-order valence-electron chi connectivity index (χ1n) is 10.2. The number of phenolic OH excluding ortho intramolecular Hbond substituents is 2. The molecule has 1 fully saturated rings. The van der Waals surface area contributed by atoms with Crippen molar-refractivity contribution in [3.63, 3.8) is 0 Å². The number of hydrogen-bond donors (Lipinski definition) is 6. The Balaban J connectivity index is 1.56. The SMILES string of the molecule is O=C(O)OC[C@H]1O[C@@H](Oc2cc(O)c3c(c2)O[C@H](c2ccc(O)cc2)CC3=O)[C@H](O)[C@@H](O)[C@@H]1O. The van der Waals surface area contributed by atoms with Gasteiger partial charge in [0.15, 0.2) is 5.78 Å². The van der Waals surface area contributed by atoms with Crippen molar-refractivity contribution in [1.82, 2.24) is 0 Å². The Kier molecular flexibility index (Phi) is 6.48. The highest BCUT2D eigenvalue weighted by Gasteiger charge is 2.45. The molecule has 0 unspecified atom stereocenters. The number of hydrogen-bond acceptors (Lipinski definition) is 11. The molecule has 2 heterocycles. The van der Waals surface area contributed by atoms with Gasteiger partial charge < -0.3 is 49.6 Å². The monoisotopic (exact) mass is 478 g/mol. The largest absolute Gasteiger partial charge is 0.508 e. The van der Waals surface area contributed by atoms with Gasteiger partial charge in [0, 0.05) is 12.1 Å². The van der Waals surface area contributed by atoms with E-state index in [1.807, 2.05) is 0 Å². The normalized spacial score (nSPS) is 28.5. The summed E-state index contributed by atoms with van der Waals surface area (Å²) in [7, 11) is 0. The van der Waals surface area contributed by atoms with Crippen LogP contribution in [0.5, 0.6) is 23.0 Å². The summed E-state index contributed by atoms with van der Waals surface area (Å²) in [4.78, 5) is 23.3. The molecule has 2 aromatic rings. The van der Waals surface area contributed by atoms with E-state index < -0.39 is 55.3 Å². The zero-order valence-corrected chi connectivity index (χ0v) is 17.5. The number of aliphatic hydroxyl groups excluding tert-OH is 3. The third-order valence-corrected chi connectivity index (χ3v) is 5.53. The number of Topliss-reactive ketones (excluding diaryl/α,β-unsaturated/α-hetero) is 1. The predicted octanol–water partition coefficient (Wildman–Crippen LogP) is 0.685. The zero-order valence-electron chi connectivity index (χ0n) is 17.5. The average molecular weight is 478 g/mol. The van der Waals surface area contributed by atoms with Crippen LogP contribution < -0.4 is 9.47 Å². The molecule has 0 aromatic heterocycles. The first-order chi connectivity index (χ1) is 16.1. The minimum absolute atomic E-state index is 0.000896. The van der Waals surface area contributed by atoms with Gasteiger partial charge in [-0.15, -0.1) is 0 Å². The maximum atomic E-state index is 12.6. The summed E-state index contributed by atoms with van der Waals surface area (Å²) in [5.74, 6) is -0.882. The summed E-state index contributed by atoms with van der Waals surface area (Å²) in [6, 6.07) is 8.46. The van der Waals surface area contributed by atoms with Crippen LogP contribution in [0, 0.1) is 0 Å². The van der Waals surface area contributed by atoms with Crippen LogP contribution in [0.2, 0.25) is 0 Å². The van der Waals surface area contributed by atoms with Crippen LogP contribution in [0.15, 0.2) is 36.4 Å². The van der Waals surface area contributed by atoms with Gasteiger partial charge in [-0.1, -0.05) is 12.1 Å². The molecule has 4 rings (SSSR count). The van der Waals surface area contributed by atoms with Gasteiger partial charge in [-0.2, -0.15) is 0 Å². The second-order valence-corrected chi connectivity index (χ2v) is 7.85. The number of aliphatic hydroxyl groups is 3. The van der Waals surface area contributed by atoms with Crippen LogP contribution in [-0.2, 0) is 9.47 Å². The molecule has 2 aliphatic rings. The number of ketones is 1. The predicted molar refractivity (Wildman–Crippen MR) is 110 cm³/mol. The van der Waals surface area contributed by atoms with Crippen molar-refractivity contribution < 1.29 is 59.2 Å². The number of benzene rings is 2. The van der Waals surface area contributed by atoms with E-state index in [0.717, 1.165) is 6.07 Å². The minimum Gasteiger partial charge on any atom is -0.508 e. The summed E-state index contributed by atoms with van der Waals surface area (Å²) in [5.41, 5.74) is 0.558. The highest BCUT2D eigenvalue weighted by molar-refractivity contribution is 6.02. The summed E-state index contributed by atoms with van der Waals surface area (Å²) in [6.07, 6.45) is -10.4. The molecule has 6 N–H and O–H groups in total. The van der Waals surface area contributed by atoms with Gasteiger partial charge >= 0.3 is 6.16 Å². The third kappa shape index (κ3) is 4.70. The molecule has 0 aliphatic carbocycles. The molecule has 2 aliphatic heterocycles. The zero-order chi connectivity index (χ0) is 24.6. The van der Waals surface area contributed by atoms with Crippen molar-refractivity contribution in [1.29, 1.82) is 0 Å². The lowest BCUT2D eigenvalue weighted by atomic mass is 9.95. The second kappa shape index (κ2) is 9.35. The van der Waals surface area contributed by atoms with Crippen molar-refractivity contribution >= 4 is 11.9 Å². The average Bonchev–Trinajstić information content (AvgIpc) is 2.78. The summed E-state index contributed by atoms with van der Waals surface area (Å²) >= 11 is 0. The summed E-state index contributed by atoms with van der Waals surface area (Å²) in [5, 5.41) is 58.9. The van der Waals surface area contributed by atoms with E-state index in [1.54, 1.807) is 12.1 Å². The smallest absolute Gasteiger partial charge is 0.505 e. The van der Waals surface area contributed by atoms with Crippen LogP contribution in [0.25, 0.3) is 0 Å². The van der Waals surface area contributed by atoms with Crippen LogP contribution in [0.1, 0.15) is 28.4 Å². The van der Waals surface area contributed by atoms with Crippen molar-refractivity contribution in [2.24, 2.45) is 0 Å². The van der Waals surface area contributed by atoms with Crippen LogP contribution >= 0.6 is 0 Å².